The maximum absolute atomic E-state index is 2.65. The van der Waals surface area contributed by atoms with Crippen molar-refractivity contribution in [2.24, 2.45) is 0 Å². The van der Waals surface area contributed by atoms with Gasteiger partial charge in [-0.15, -0.1) is 0 Å². The highest BCUT2D eigenvalue weighted by molar-refractivity contribution is 6.41. The Morgan fingerprint density at radius 3 is 1.62 bits per heavy atom. The van der Waals surface area contributed by atoms with E-state index in [0.29, 0.717) is 0 Å². The highest BCUT2D eigenvalue weighted by Crippen LogP contribution is 2.51. The fraction of sp³-hybridized carbons (Fsp3) is 0.346. The fourth-order valence-corrected chi connectivity index (χ4v) is 10.2. The minimum absolute atomic E-state index is 1.13. The first-order valence-corrected chi connectivity index (χ1v) is 20.7. The largest absolute Gasteiger partial charge is 0.0654 e. The zero-order chi connectivity index (χ0) is 35.3. The summed E-state index contributed by atoms with van der Waals surface area (Å²) in [5.41, 5.74) is 5.91. The van der Waals surface area contributed by atoms with E-state index in [1.807, 2.05) is 0 Å². The molecule has 0 saturated carbocycles. The van der Waals surface area contributed by atoms with Crippen LogP contribution in [0.15, 0.2) is 84.9 Å². The number of aryl methyl sites for hydroxylation is 4. The Hall–Kier alpha value is -4.42. The summed E-state index contributed by atoms with van der Waals surface area (Å²) in [5, 5.41) is 23.4. The Balaban J connectivity index is 1.42. The topological polar surface area (TPSA) is 0 Å². The Labute approximate surface area is 309 Å². The molecule has 0 spiro atoms. The van der Waals surface area contributed by atoms with Crippen molar-refractivity contribution in [2.45, 2.75) is 118 Å². The number of fused-ring (bicyclic) bond motifs is 10. The van der Waals surface area contributed by atoms with Crippen molar-refractivity contribution in [1.29, 1.82) is 0 Å². The normalized spacial score (nSPS) is 12.5. The van der Waals surface area contributed by atoms with Gasteiger partial charge in [-0.3, -0.25) is 0 Å². The summed E-state index contributed by atoms with van der Waals surface area (Å²) < 4.78 is 0. The van der Waals surface area contributed by atoms with Gasteiger partial charge >= 0.3 is 0 Å². The molecule has 0 unspecified atom stereocenters. The number of hydrogen-bond donors (Lipinski definition) is 0. The highest BCUT2D eigenvalue weighted by Gasteiger charge is 2.25. The highest BCUT2D eigenvalue weighted by atomic mass is 14.3. The summed E-state index contributed by atoms with van der Waals surface area (Å²) in [5.74, 6) is 0. The van der Waals surface area contributed by atoms with Crippen molar-refractivity contribution in [3.8, 4) is 0 Å². The van der Waals surface area contributed by atoms with Crippen LogP contribution in [0.2, 0.25) is 0 Å². The first-order valence-electron chi connectivity index (χ1n) is 20.7. The summed E-state index contributed by atoms with van der Waals surface area (Å²) in [6.07, 6.45) is 18.1. The number of hydrogen-bond acceptors (Lipinski definition) is 0. The first kappa shape index (κ1) is 33.4. The van der Waals surface area contributed by atoms with Gasteiger partial charge in [-0.2, -0.15) is 0 Å². The van der Waals surface area contributed by atoms with Gasteiger partial charge in [0, 0.05) is 0 Å². The minimum Gasteiger partial charge on any atom is -0.0654 e. The third-order valence-electron chi connectivity index (χ3n) is 12.6. The second-order valence-electron chi connectivity index (χ2n) is 16.2. The molecule has 0 amide bonds. The van der Waals surface area contributed by atoms with E-state index < -0.39 is 0 Å². The van der Waals surface area contributed by atoms with Gasteiger partial charge in [-0.1, -0.05) is 156 Å². The van der Waals surface area contributed by atoms with E-state index in [0.717, 1.165) is 12.8 Å². The molecule has 0 nitrogen and oxygen atoms in total. The molecule has 0 atom stereocenters. The van der Waals surface area contributed by atoms with E-state index in [9.17, 15) is 0 Å². The predicted octanol–water partition coefficient (Wildman–Crippen LogP) is 16.2. The second-order valence-corrected chi connectivity index (χ2v) is 16.2. The molecule has 0 aromatic heterocycles. The van der Waals surface area contributed by atoms with Crippen LogP contribution in [0, 0.1) is 13.8 Å². The number of rotatable bonds is 14. The number of benzene rings is 7. The maximum Gasteiger partial charge on any atom is -0.00195 e. The summed E-state index contributed by atoms with van der Waals surface area (Å²) in [6.45, 7) is 9.21. The van der Waals surface area contributed by atoms with Gasteiger partial charge in [-0.05, 0) is 155 Å². The van der Waals surface area contributed by atoms with Crippen LogP contribution in [0.5, 0.6) is 0 Å². The van der Waals surface area contributed by atoms with Crippen LogP contribution in [0.3, 0.4) is 0 Å². The molecule has 52 heavy (non-hydrogen) atoms. The predicted molar refractivity (Wildman–Crippen MR) is 232 cm³/mol. The van der Waals surface area contributed by atoms with Crippen molar-refractivity contribution in [3.05, 3.63) is 107 Å². The lowest BCUT2D eigenvalue weighted by molar-refractivity contribution is 0.608. The third-order valence-corrected chi connectivity index (χ3v) is 12.6. The molecule has 0 aliphatic carbocycles. The molecule has 9 aromatic carbocycles. The molecule has 9 rings (SSSR count). The molecule has 0 aliphatic rings. The first-order chi connectivity index (χ1) is 25.6. The van der Waals surface area contributed by atoms with Gasteiger partial charge in [0.25, 0.3) is 0 Å². The maximum atomic E-state index is 2.65. The molecule has 0 saturated heterocycles. The minimum atomic E-state index is 1.13. The van der Waals surface area contributed by atoms with Crippen LogP contribution in [-0.4, -0.2) is 0 Å². The van der Waals surface area contributed by atoms with Crippen LogP contribution in [-0.2, 0) is 12.8 Å². The van der Waals surface area contributed by atoms with Crippen LogP contribution in [0.25, 0.3) is 86.2 Å². The molecule has 0 heteroatoms. The fourth-order valence-electron chi connectivity index (χ4n) is 10.2. The van der Waals surface area contributed by atoms with Gasteiger partial charge in [0.05, 0.1) is 0 Å². The van der Waals surface area contributed by atoms with E-state index in [2.05, 4.69) is 113 Å². The third kappa shape index (κ3) is 5.39. The summed E-state index contributed by atoms with van der Waals surface area (Å²) in [7, 11) is 0. The van der Waals surface area contributed by atoms with E-state index in [1.165, 1.54) is 158 Å². The van der Waals surface area contributed by atoms with E-state index in [4.69, 9.17) is 0 Å². The molecule has 262 valence electrons. The van der Waals surface area contributed by atoms with Gasteiger partial charge in [0.1, 0.15) is 0 Å². The quantitative estimate of drug-likeness (QED) is 0.0793. The van der Waals surface area contributed by atoms with Gasteiger partial charge in [0.15, 0.2) is 0 Å². The van der Waals surface area contributed by atoms with Crippen LogP contribution < -0.4 is 0 Å². The molecule has 0 heterocycles. The summed E-state index contributed by atoms with van der Waals surface area (Å²) >= 11 is 0. The smallest absolute Gasteiger partial charge is 0.00195 e. The molecular weight excluding hydrogens is 625 g/mol. The second kappa shape index (κ2) is 13.9. The van der Waals surface area contributed by atoms with Crippen molar-refractivity contribution < 1.29 is 0 Å². The van der Waals surface area contributed by atoms with Crippen molar-refractivity contribution in [3.63, 3.8) is 0 Å². The monoisotopic (exact) mass is 678 g/mol. The number of unbranched alkanes of at least 4 members (excludes halogenated alkanes) is 10. The van der Waals surface area contributed by atoms with Crippen molar-refractivity contribution >= 4 is 86.2 Å². The van der Waals surface area contributed by atoms with Gasteiger partial charge in [-0.25, -0.2) is 0 Å². The summed E-state index contributed by atoms with van der Waals surface area (Å²) in [4.78, 5) is 0. The van der Waals surface area contributed by atoms with Crippen LogP contribution in [0.4, 0.5) is 0 Å². The van der Waals surface area contributed by atoms with E-state index in [-0.39, 0.29) is 0 Å². The molecule has 0 N–H and O–H groups in total. The zero-order valence-corrected chi connectivity index (χ0v) is 32.0. The Morgan fingerprint density at radius 1 is 0.327 bits per heavy atom. The molecule has 0 bridgehead atoms. The average molecular weight is 679 g/mol. The lowest BCUT2D eigenvalue weighted by atomic mass is 9.85. The Kier molecular flexibility index (Phi) is 8.90. The molecule has 0 radical (unpaired) electrons. The SMILES string of the molecule is CCCCCCCCc1c2cc3c4ccccc4c4cccc(c2c(CCCCCCCC)c2c5cc6ccc(C)cc6c6cc(C)cc(c12)c65)c43. The average Bonchev–Trinajstić information content (AvgIpc) is 3.65. The van der Waals surface area contributed by atoms with E-state index in [1.54, 1.807) is 27.3 Å². The lowest BCUT2D eigenvalue weighted by Crippen LogP contribution is -1.98. The van der Waals surface area contributed by atoms with Crippen molar-refractivity contribution in [2.75, 3.05) is 0 Å². The summed E-state index contributed by atoms with van der Waals surface area (Å²) in [6, 6.07) is 33.7. The van der Waals surface area contributed by atoms with Crippen molar-refractivity contribution in [1.82, 2.24) is 0 Å². The molecule has 0 fully saturated rings. The molecule has 9 aromatic rings. The lowest BCUT2D eigenvalue weighted by Gasteiger charge is -2.19. The Bertz CT molecular complexity index is 2720. The van der Waals surface area contributed by atoms with Gasteiger partial charge < -0.3 is 0 Å². The zero-order valence-electron chi connectivity index (χ0n) is 32.0. The Morgan fingerprint density at radius 2 is 0.865 bits per heavy atom. The van der Waals surface area contributed by atoms with Crippen LogP contribution >= 0.6 is 0 Å². The van der Waals surface area contributed by atoms with Gasteiger partial charge in [0.2, 0.25) is 0 Å². The van der Waals surface area contributed by atoms with Crippen LogP contribution in [0.1, 0.15) is 113 Å². The standard InChI is InChI=1S/C52H54/c1-5-7-9-11-13-15-22-39-45-32-44-37-21-18-17-20-36(37)38-24-19-25-40(48(38)44)49(45)41(23-16-14-12-10-8-6-2)52-47-31-35-27-26-33(3)28-42(35)43-29-34(4)30-46(50(43)47)51(39)52/h17-21,24-32H,5-16,22-23H2,1-4H3. The molecular formula is C52H54. The van der Waals surface area contributed by atoms with E-state index >= 15 is 0 Å². The molecule has 0 aliphatic heterocycles.